The number of phenolic OH excluding ortho intramolecular Hbond substituents is 1. The first-order valence-electron chi connectivity index (χ1n) is 12.5. The molecule has 0 radical (unpaired) electrons. The number of β-lactam (4-membered cyclic amide) rings is 2. The number of ether oxygens (including phenoxy) is 2. The van der Waals surface area contributed by atoms with Gasteiger partial charge in [-0.1, -0.05) is 34.7 Å². The summed E-state index contributed by atoms with van der Waals surface area (Å²) in [5.74, 6) is -2.50. The summed E-state index contributed by atoms with van der Waals surface area (Å²) in [5, 5.41) is 11.5. The minimum atomic E-state index is -1.05. The molecular formula is C25H29IN4O8S2. The van der Waals surface area contributed by atoms with Crippen LogP contribution in [-0.2, 0) is 33.4 Å². The van der Waals surface area contributed by atoms with Gasteiger partial charge in [-0.05, 0) is 45.4 Å². The van der Waals surface area contributed by atoms with Crippen molar-refractivity contribution in [3.05, 3.63) is 29.8 Å². The van der Waals surface area contributed by atoms with Gasteiger partial charge in [-0.3, -0.25) is 14.4 Å². The molecule has 0 aromatic heterocycles. The Balaban J connectivity index is 1.17. The van der Waals surface area contributed by atoms with Crippen LogP contribution < -0.4 is 11.1 Å². The van der Waals surface area contributed by atoms with E-state index in [9.17, 15) is 29.1 Å². The molecule has 3 amide bonds. The Kier molecular flexibility index (Phi) is 7.49. The summed E-state index contributed by atoms with van der Waals surface area (Å²) in [6.07, 6.45) is 0. The lowest BCUT2D eigenvalue weighted by molar-refractivity contribution is -0.181. The standard InChI is InChI=1S/C25H29IN4O8S2/c1-24(2)15(29-18(33)12(26)20(29)39-24)22(35)37-9-38-23(36)16-25(3,4)40-21-14(19(34)30(16)21)28-17(32)13(27)10-5-7-11(31)8-6-10/h5-8,12-16,20-21,31H,9,27H2,1-4H3,(H,28,32)/t12-,13?,14-,15+,16+,20-,21-/m1/s1. The average Bonchev–Trinajstić information content (AvgIpc) is 3.31. The monoisotopic (exact) mass is 704 g/mol. The van der Waals surface area contributed by atoms with Crippen molar-refractivity contribution in [3.63, 3.8) is 0 Å². The molecule has 4 saturated heterocycles. The van der Waals surface area contributed by atoms with Gasteiger partial charge in [0.15, 0.2) is 0 Å². The van der Waals surface area contributed by atoms with E-state index in [0.29, 0.717) is 5.56 Å². The third-order valence-electron chi connectivity index (χ3n) is 7.50. The first kappa shape index (κ1) is 29.3. The second-order valence-corrected chi connectivity index (χ2v) is 15.9. The minimum Gasteiger partial charge on any atom is -0.508 e. The molecule has 15 heteroatoms. The lowest BCUT2D eigenvalue weighted by atomic mass is 9.95. The van der Waals surface area contributed by atoms with Crippen LogP contribution in [0.5, 0.6) is 5.75 Å². The van der Waals surface area contributed by atoms with Crippen molar-refractivity contribution in [1.82, 2.24) is 15.1 Å². The number of carbonyl (C=O) groups is 5. The molecule has 4 fully saturated rings. The number of carbonyl (C=O) groups excluding carboxylic acids is 5. The molecule has 0 saturated carbocycles. The quantitative estimate of drug-likeness (QED) is 0.121. The van der Waals surface area contributed by atoms with Gasteiger partial charge in [-0.2, -0.15) is 0 Å². The molecule has 4 heterocycles. The first-order chi connectivity index (χ1) is 18.7. The number of alkyl halides is 1. The summed E-state index contributed by atoms with van der Waals surface area (Å²) in [6, 6.07) is 2.18. The predicted octanol–water partition coefficient (Wildman–Crippen LogP) is 0.849. The van der Waals surface area contributed by atoms with E-state index in [1.807, 2.05) is 13.8 Å². The Hall–Kier alpha value is -2.24. The zero-order valence-corrected chi connectivity index (χ0v) is 25.8. The molecule has 12 nitrogen and oxygen atoms in total. The number of nitrogens with two attached hydrogens (primary N) is 1. The number of amides is 3. The molecule has 0 aliphatic carbocycles. The number of nitrogens with zero attached hydrogens (tertiary/aromatic N) is 2. The highest BCUT2D eigenvalue weighted by Gasteiger charge is 2.65. The number of halogens is 1. The number of benzene rings is 1. The molecule has 0 bridgehead atoms. The van der Waals surface area contributed by atoms with Crippen LogP contribution in [0.2, 0.25) is 0 Å². The first-order valence-corrected chi connectivity index (χ1v) is 15.5. The summed E-state index contributed by atoms with van der Waals surface area (Å²) in [4.78, 5) is 66.9. The molecule has 4 aliphatic rings. The number of aromatic hydroxyl groups is 1. The van der Waals surface area contributed by atoms with E-state index in [1.54, 1.807) is 13.8 Å². The van der Waals surface area contributed by atoms with Gasteiger partial charge in [0.2, 0.25) is 24.5 Å². The van der Waals surface area contributed by atoms with Crippen molar-refractivity contribution in [2.45, 2.75) is 76.0 Å². The zero-order valence-electron chi connectivity index (χ0n) is 22.0. The highest BCUT2D eigenvalue weighted by molar-refractivity contribution is 14.1. The van der Waals surface area contributed by atoms with Gasteiger partial charge >= 0.3 is 11.9 Å². The molecule has 40 heavy (non-hydrogen) atoms. The molecule has 4 N–H and O–H groups in total. The van der Waals surface area contributed by atoms with Gasteiger partial charge in [0.25, 0.3) is 0 Å². The highest BCUT2D eigenvalue weighted by Crippen LogP contribution is 2.53. The summed E-state index contributed by atoms with van der Waals surface area (Å²) >= 11 is 4.95. The lowest BCUT2D eigenvalue weighted by Gasteiger charge is -2.44. The Morgan fingerprint density at radius 3 is 2.02 bits per heavy atom. The number of esters is 2. The minimum absolute atomic E-state index is 0.0362. The van der Waals surface area contributed by atoms with E-state index >= 15 is 0 Å². The van der Waals surface area contributed by atoms with Crippen LogP contribution >= 0.6 is 46.1 Å². The maximum absolute atomic E-state index is 13.1. The number of nitrogens with one attached hydrogen (secondary N) is 1. The average molecular weight is 705 g/mol. The molecule has 1 aromatic rings. The molecule has 0 spiro atoms. The zero-order chi connectivity index (χ0) is 29.3. The summed E-state index contributed by atoms with van der Waals surface area (Å²) in [6.45, 7) is 6.66. The molecular weight excluding hydrogens is 675 g/mol. The summed E-state index contributed by atoms with van der Waals surface area (Å²) in [7, 11) is 0. The third-order valence-corrected chi connectivity index (χ3v) is 12.3. The van der Waals surface area contributed by atoms with E-state index < -0.39 is 69.6 Å². The molecule has 1 unspecified atom stereocenters. The normalized spacial score (nSPS) is 31.9. The number of fused-ring (bicyclic) bond motifs is 2. The number of hydrogen-bond donors (Lipinski definition) is 3. The van der Waals surface area contributed by atoms with Gasteiger partial charge in [0, 0.05) is 9.49 Å². The summed E-state index contributed by atoms with van der Waals surface area (Å²) in [5.41, 5.74) is 6.51. The largest absolute Gasteiger partial charge is 0.508 e. The lowest BCUT2D eigenvalue weighted by Crippen LogP contribution is -2.71. The van der Waals surface area contributed by atoms with Gasteiger partial charge < -0.3 is 35.4 Å². The third kappa shape index (κ3) is 4.71. The van der Waals surface area contributed by atoms with Crippen molar-refractivity contribution in [2.75, 3.05) is 6.79 Å². The smallest absolute Gasteiger partial charge is 0.333 e. The van der Waals surface area contributed by atoms with Gasteiger partial charge in [-0.25, -0.2) is 9.59 Å². The maximum atomic E-state index is 13.1. The number of phenols is 1. The Morgan fingerprint density at radius 1 is 0.975 bits per heavy atom. The molecule has 1 aromatic carbocycles. The van der Waals surface area contributed by atoms with Crippen LogP contribution in [0.3, 0.4) is 0 Å². The van der Waals surface area contributed by atoms with Crippen molar-refractivity contribution < 1.29 is 38.6 Å². The van der Waals surface area contributed by atoms with Gasteiger partial charge in [0.05, 0.1) is 0 Å². The van der Waals surface area contributed by atoms with Crippen molar-refractivity contribution in [1.29, 1.82) is 0 Å². The Morgan fingerprint density at radius 2 is 1.48 bits per heavy atom. The van der Waals surface area contributed by atoms with Crippen LogP contribution in [0.1, 0.15) is 39.3 Å². The number of hydrogen-bond acceptors (Lipinski definition) is 11. The van der Waals surface area contributed by atoms with Crippen LogP contribution in [0.15, 0.2) is 24.3 Å². The Labute approximate surface area is 252 Å². The molecule has 7 atom stereocenters. The van der Waals surface area contributed by atoms with E-state index in [0.717, 1.165) is 0 Å². The van der Waals surface area contributed by atoms with E-state index in [-0.39, 0.29) is 21.0 Å². The Bertz CT molecular complexity index is 1280. The number of thioether (sulfide) groups is 2. The van der Waals surface area contributed by atoms with Crippen molar-refractivity contribution in [2.24, 2.45) is 5.73 Å². The van der Waals surface area contributed by atoms with Crippen LogP contribution in [0, 0.1) is 0 Å². The van der Waals surface area contributed by atoms with E-state index in [1.165, 1.54) is 57.6 Å². The second kappa shape index (κ2) is 10.2. The van der Waals surface area contributed by atoms with Crippen molar-refractivity contribution in [3.8, 4) is 5.75 Å². The summed E-state index contributed by atoms with van der Waals surface area (Å²) < 4.78 is 9.04. The fourth-order valence-corrected chi connectivity index (χ4v) is 9.72. The fraction of sp³-hybridized carbons (Fsp3) is 0.560. The van der Waals surface area contributed by atoms with Crippen molar-refractivity contribution >= 4 is 75.8 Å². The maximum Gasteiger partial charge on any atom is 0.333 e. The fourth-order valence-electron chi connectivity index (χ4n) is 5.45. The van der Waals surface area contributed by atoms with Crippen LogP contribution in [0.25, 0.3) is 0 Å². The second-order valence-electron chi connectivity index (χ2n) is 11.0. The molecule has 216 valence electrons. The predicted molar refractivity (Wildman–Crippen MR) is 154 cm³/mol. The van der Waals surface area contributed by atoms with Gasteiger partial charge in [-0.15, -0.1) is 23.5 Å². The topological polar surface area (TPSA) is 169 Å². The van der Waals surface area contributed by atoms with E-state index in [2.05, 4.69) is 27.9 Å². The molecule has 5 rings (SSSR count). The number of rotatable bonds is 7. The van der Waals surface area contributed by atoms with Crippen LogP contribution in [0.4, 0.5) is 0 Å². The SMILES string of the molecule is CC1(C)S[C@@H]2[C@H](I)C(=O)N2[C@H]1C(=O)OCOC(=O)[C@@H]1N2C(=O)[C@@H](NC(=O)C(N)c3ccc(O)cc3)[C@H]2SC1(C)C. The molecule has 4 aliphatic heterocycles. The van der Waals surface area contributed by atoms with E-state index in [4.69, 9.17) is 15.2 Å². The highest BCUT2D eigenvalue weighted by atomic mass is 127. The van der Waals surface area contributed by atoms with Gasteiger partial charge in [0.1, 0.15) is 44.6 Å². The van der Waals surface area contributed by atoms with Crippen LogP contribution in [-0.4, -0.2) is 93.7 Å².